The Bertz CT molecular complexity index is 247. The molecule has 0 heterocycles. The molecule has 5 nitrogen and oxygen atoms in total. The molecule has 0 spiro atoms. The van der Waals surface area contributed by atoms with Crippen molar-refractivity contribution in [1.82, 2.24) is 4.90 Å². The lowest BCUT2D eigenvalue weighted by molar-refractivity contribution is -0.107. The van der Waals surface area contributed by atoms with Crippen LogP contribution in [0.4, 0.5) is 0 Å². The number of rotatable bonds is 6. The third kappa shape index (κ3) is 5.73. The van der Waals surface area contributed by atoms with E-state index >= 15 is 0 Å². The van der Waals surface area contributed by atoms with E-state index in [0.717, 1.165) is 0 Å². The molecule has 1 N–H and O–H groups in total. The first-order valence-electron chi connectivity index (χ1n) is 3.92. The van der Waals surface area contributed by atoms with Crippen LogP contribution < -0.4 is 0 Å². The van der Waals surface area contributed by atoms with Crippen LogP contribution in [0.25, 0.3) is 0 Å². The van der Waals surface area contributed by atoms with E-state index in [1.165, 1.54) is 0 Å². The Morgan fingerprint density at radius 2 is 2.00 bits per heavy atom. The second-order valence-corrected chi connectivity index (χ2v) is 4.83. The predicted molar refractivity (Wildman–Crippen MR) is 49.2 cm³/mol. The average molecular weight is 209 g/mol. The van der Waals surface area contributed by atoms with E-state index in [1.54, 1.807) is 19.0 Å². The standard InChI is InChI=1S/C7H15NO4S/c1-8(2)5-3-7(4-6-9)13(10,11)12/h6-7H,3-5H2,1-2H3,(H,10,11,12). The van der Waals surface area contributed by atoms with Gasteiger partial charge in [0.05, 0.1) is 5.25 Å². The van der Waals surface area contributed by atoms with Crippen molar-refractivity contribution < 1.29 is 17.8 Å². The Morgan fingerprint density at radius 1 is 1.46 bits per heavy atom. The maximum atomic E-state index is 10.7. The highest BCUT2D eigenvalue weighted by Gasteiger charge is 2.22. The van der Waals surface area contributed by atoms with Crippen molar-refractivity contribution in [1.29, 1.82) is 0 Å². The molecule has 0 aliphatic carbocycles. The lowest BCUT2D eigenvalue weighted by atomic mass is 10.2. The number of hydrogen-bond donors (Lipinski definition) is 1. The molecule has 0 aliphatic rings. The molecule has 1 atom stereocenters. The fraction of sp³-hybridized carbons (Fsp3) is 0.857. The van der Waals surface area contributed by atoms with Gasteiger partial charge in [0.25, 0.3) is 10.1 Å². The van der Waals surface area contributed by atoms with Crippen molar-refractivity contribution in [3.8, 4) is 0 Å². The van der Waals surface area contributed by atoms with E-state index in [-0.39, 0.29) is 12.8 Å². The molecule has 0 aromatic heterocycles. The second kappa shape index (κ2) is 5.31. The van der Waals surface area contributed by atoms with Crippen LogP contribution in [0.15, 0.2) is 0 Å². The quantitative estimate of drug-likeness (QED) is 0.483. The maximum absolute atomic E-state index is 10.7. The Labute approximate surface area is 78.5 Å². The summed E-state index contributed by atoms with van der Waals surface area (Å²) < 4.78 is 30.1. The number of carbonyl (C=O) groups excluding carboxylic acids is 1. The largest absolute Gasteiger partial charge is 0.309 e. The first-order chi connectivity index (χ1) is 5.88. The maximum Gasteiger partial charge on any atom is 0.268 e. The highest BCUT2D eigenvalue weighted by Crippen LogP contribution is 2.07. The van der Waals surface area contributed by atoms with E-state index in [0.29, 0.717) is 12.8 Å². The van der Waals surface area contributed by atoms with E-state index in [2.05, 4.69) is 0 Å². The van der Waals surface area contributed by atoms with Gasteiger partial charge in [-0.3, -0.25) is 4.55 Å². The Morgan fingerprint density at radius 3 is 2.31 bits per heavy atom. The molecule has 0 radical (unpaired) electrons. The van der Waals surface area contributed by atoms with Gasteiger partial charge in [0.1, 0.15) is 6.29 Å². The van der Waals surface area contributed by atoms with Gasteiger partial charge in [-0.2, -0.15) is 8.42 Å². The van der Waals surface area contributed by atoms with Crippen LogP contribution in [0, 0.1) is 0 Å². The first kappa shape index (κ1) is 12.5. The van der Waals surface area contributed by atoms with Crippen LogP contribution in [0.3, 0.4) is 0 Å². The molecule has 78 valence electrons. The Kier molecular flexibility index (Phi) is 5.12. The molecule has 1 unspecified atom stereocenters. The zero-order valence-electron chi connectivity index (χ0n) is 7.80. The normalized spacial score (nSPS) is 14.5. The summed E-state index contributed by atoms with van der Waals surface area (Å²) in [4.78, 5) is 11.9. The minimum atomic E-state index is -4.08. The smallest absolute Gasteiger partial charge is 0.268 e. The van der Waals surface area contributed by atoms with E-state index < -0.39 is 15.4 Å². The molecule has 0 rings (SSSR count). The molecular formula is C7H15NO4S. The lowest BCUT2D eigenvalue weighted by Crippen LogP contribution is -2.26. The van der Waals surface area contributed by atoms with Gasteiger partial charge in [-0.25, -0.2) is 0 Å². The van der Waals surface area contributed by atoms with E-state index in [4.69, 9.17) is 4.55 Å². The molecule has 0 fully saturated rings. The summed E-state index contributed by atoms with van der Waals surface area (Å²) in [6, 6.07) is 0. The molecule has 0 amide bonds. The monoisotopic (exact) mass is 209 g/mol. The first-order valence-corrected chi connectivity index (χ1v) is 5.43. The summed E-state index contributed by atoms with van der Waals surface area (Å²) >= 11 is 0. The summed E-state index contributed by atoms with van der Waals surface area (Å²) in [5.41, 5.74) is 0. The number of carbonyl (C=O) groups is 1. The molecule has 0 aliphatic heterocycles. The van der Waals surface area contributed by atoms with Crippen molar-refractivity contribution in [2.24, 2.45) is 0 Å². The van der Waals surface area contributed by atoms with Gasteiger partial charge in [-0.05, 0) is 27.1 Å². The van der Waals surface area contributed by atoms with Gasteiger partial charge < -0.3 is 9.69 Å². The van der Waals surface area contributed by atoms with Gasteiger partial charge >= 0.3 is 0 Å². The van der Waals surface area contributed by atoms with E-state index in [1.807, 2.05) is 0 Å². The van der Waals surface area contributed by atoms with Crippen molar-refractivity contribution >= 4 is 16.4 Å². The van der Waals surface area contributed by atoms with Crippen molar-refractivity contribution in [2.75, 3.05) is 20.6 Å². The summed E-state index contributed by atoms with van der Waals surface area (Å²) in [6.45, 7) is 0.526. The van der Waals surface area contributed by atoms with Gasteiger partial charge in [-0.15, -0.1) is 0 Å². The van der Waals surface area contributed by atoms with Crippen molar-refractivity contribution in [3.63, 3.8) is 0 Å². The van der Waals surface area contributed by atoms with E-state index in [9.17, 15) is 13.2 Å². The van der Waals surface area contributed by atoms with Crippen molar-refractivity contribution in [3.05, 3.63) is 0 Å². The summed E-state index contributed by atoms with van der Waals surface area (Å²) in [7, 11) is -0.493. The molecule has 13 heavy (non-hydrogen) atoms. The van der Waals surface area contributed by atoms with Crippen LogP contribution in [-0.4, -0.2) is 50.0 Å². The zero-order chi connectivity index (χ0) is 10.5. The third-order valence-corrected chi connectivity index (χ3v) is 2.95. The average Bonchev–Trinajstić information content (AvgIpc) is 1.95. The number of hydrogen-bond acceptors (Lipinski definition) is 4. The van der Waals surface area contributed by atoms with Crippen LogP contribution in [0.1, 0.15) is 12.8 Å². The molecular weight excluding hydrogens is 194 g/mol. The SMILES string of the molecule is CN(C)CCC(CC=O)S(=O)(=O)O. The zero-order valence-corrected chi connectivity index (χ0v) is 8.62. The lowest BCUT2D eigenvalue weighted by Gasteiger charge is -2.14. The molecule has 0 aromatic carbocycles. The molecule has 0 bridgehead atoms. The molecule has 6 heteroatoms. The van der Waals surface area contributed by atoms with Crippen LogP contribution in [-0.2, 0) is 14.9 Å². The summed E-state index contributed by atoms with van der Waals surface area (Å²) in [5.74, 6) is 0. The van der Waals surface area contributed by atoms with Crippen LogP contribution in [0.2, 0.25) is 0 Å². The van der Waals surface area contributed by atoms with Gasteiger partial charge in [0.2, 0.25) is 0 Å². The van der Waals surface area contributed by atoms with Crippen LogP contribution >= 0.6 is 0 Å². The minimum absolute atomic E-state index is 0.146. The highest BCUT2D eigenvalue weighted by molar-refractivity contribution is 7.86. The predicted octanol–water partition coefficient (Wildman–Crippen LogP) is -0.217. The van der Waals surface area contributed by atoms with Crippen LogP contribution in [0.5, 0.6) is 0 Å². The highest BCUT2D eigenvalue weighted by atomic mass is 32.2. The summed E-state index contributed by atoms with van der Waals surface area (Å²) in [6.07, 6.45) is 0.630. The Balaban J connectivity index is 4.19. The van der Waals surface area contributed by atoms with Gasteiger partial charge in [0.15, 0.2) is 0 Å². The van der Waals surface area contributed by atoms with Gasteiger partial charge in [0, 0.05) is 6.42 Å². The molecule has 0 saturated heterocycles. The molecule has 0 aromatic rings. The minimum Gasteiger partial charge on any atom is -0.309 e. The number of nitrogens with zero attached hydrogens (tertiary/aromatic N) is 1. The second-order valence-electron chi connectivity index (χ2n) is 3.13. The topological polar surface area (TPSA) is 74.7 Å². The van der Waals surface area contributed by atoms with Gasteiger partial charge in [-0.1, -0.05) is 0 Å². The van der Waals surface area contributed by atoms with Crippen molar-refractivity contribution in [2.45, 2.75) is 18.1 Å². The summed E-state index contributed by atoms with van der Waals surface area (Å²) in [5, 5.41) is -0.965. The fourth-order valence-electron chi connectivity index (χ4n) is 0.898. The fourth-order valence-corrected chi connectivity index (χ4v) is 1.62. The molecule has 0 saturated carbocycles. The third-order valence-electron chi connectivity index (χ3n) is 1.68. The Hall–Kier alpha value is -0.460. The number of aldehydes is 1.